The molecule has 0 unspecified atom stereocenters. The number of Topliss-reactive ketones (excluding diaryl/α,β-unsaturated/α-hetero) is 1. The first kappa shape index (κ1) is 27.3. The minimum absolute atomic E-state index is 0.0279. The summed E-state index contributed by atoms with van der Waals surface area (Å²) < 4.78 is 6.62. The van der Waals surface area contributed by atoms with E-state index in [0.29, 0.717) is 22.4 Å². The zero-order valence-electron chi connectivity index (χ0n) is 22.6. The number of hydrogen-bond donors (Lipinski definition) is 0. The molecule has 0 bridgehead atoms. The number of allylic oxidation sites excluding steroid dienone is 1. The number of unbranched alkanes of at least 4 members (excludes halogenated alkanes) is 1. The van der Waals surface area contributed by atoms with Crippen molar-refractivity contribution in [3.05, 3.63) is 41.1 Å². The van der Waals surface area contributed by atoms with Gasteiger partial charge in [0, 0.05) is 12.7 Å². The molecule has 1 aromatic rings. The van der Waals surface area contributed by atoms with Gasteiger partial charge in [0.15, 0.2) is 5.78 Å². The van der Waals surface area contributed by atoms with E-state index < -0.39 is 21.7 Å². The van der Waals surface area contributed by atoms with Gasteiger partial charge in [0.1, 0.15) is 5.60 Å². The molecule has 2 atom stereocenters. The van der Waals surface area contributed by atoms with Gasteiger partial charge in [0.2, 0.25) is 0 Å². The lowest BCUT2D eigenvalue weighted by molar-refractivity contribution is -0.117. The van der Waals surface area contributed by atoms with Gasteiger partial charge in [-0.05, 0) is 39.4 Å². The SMILES string of the molecule is CCCC[C@@]1(OC)C(c2ccccc2)=C([Si](C(C)C)(C(C)C)C(C)C)C(=O)[C@H]1[Si](C)(C)C. The third-order valence-electron chi connectivity index (χ3n) is 8.14. The van der Waals surface area contributed by atoms with Crippen LogP contribution in [0.5, 0.6) is 0 Å². The number of ketones is 1. The van der Waals surface area contributed by atoms with Crippen molar-refractivity contribution < 1.29 is 9.53 Å². The van der Waals surface area contributed by atoms with Gasteiger partial charge < -0.3 is 4.74 Å². The van der Waals surface area contributed by atoms with E-state index in [2.05, 4.69) is 98.4 Å². The third-order valence-corrected chi connectivity index (χ3v) is 17.7. The van der Waals surface area contributed by atoms with Crippen molar-refractivity contribution in [2.75, 3.05) is 7.11 Å². The largest absolute Gasteiger partial charge is 0.373 e. The Balaban J connectivity index is 3.11. The average molecular weight is 473 g/mol. The predicted molar refractivity (Wildman–Crippen MR) is 146 cm³/mol. The Morgan fingerprint density at radius 2 is 1.44 bits per heavy atom. The van der Waals surface area contributed by atoms with Gasteiger partial charge in [-0.3, -0.25) is 4.79 Å². The second-order valence-corrected chi connectivity index (χ2v) is 23.0. The lowest BCUT2D eigenvalue weighted by Gasteiger charge is -2.45. The van der Waals surface area contributed by atoms with Gasteiger partial charge in [-0.25, -0.2) is 0 Å². The summed E-state index contributed by atoms with van der Waals surface area (Å²) in [5, 5.41) is 1.22. The Morgan fingerprint density at radius 3 is 1.81 bits per heavy atom. The quantitative estimate of drug-likeness (QED) is 0.319. The highest BCUT2D eigenvalue weighted by atomic mass is 28.3. The highest BCUT2D eigenvalue weighted by Crippen LogP contribution is 2.61. The molecular weight excluding hydrogens is 424 g/mol. The minimum Gasteiger partial charge on any atom is -0.373 e. The van der Waals surface area contributed by atoms with Crippen LogP contribution in [0.15, 0.2) is 35.5 Å². The highest BCUT2D eigenvalue weighted by Gasteiger charge is 2.63. The molecule has 2 nitrogen and oxygen atoms in total. The van der Waals surface area contributed by atoms with Gasteiger partial charge in [-0.15, -0.1) is 0 Å². The molecule has 1 aliphatic carbocycles. The molecule has 180 valence electrons. The Bertz CT molecular complexity index is 796. The fourth-order valence-electron chi connectivity index (χ4n) is 7.25. The zero-order chi connectivity index (χ0) is 24.5. The molecule has 0 aliphatic heterocycles. The van der Waals surface area contributed by atoms with Crippen molar-refractivity contribution >= 4 is 27.5 Å². The van der Waals surface area contributed by atoms with Gasteiger partial charge >= 0.3 is 0 Å². The van der Waals surface area contributed by atoms with Crippen molar-refractivity contribution in [1.82, 2.24) is 0 Å². The molecule has 0 heterocycles. The number of hydrogen-bond acceptors (Lipinski definition) is 2. The molecule has 2 rings (SSSR count). The van der Waals surface area contributed by atoms with E-state index in [1.165, 1.54) is 16.3 Å². The number of benzene rings is 1. The summed E-state index contributed by atoms with van der Waals surface area (Å²) >= 11 is 0. The molecule has 32 heavy (non-hydrogen) atoms. The first-order valence-corrected chi connectivity index (χ1v) is 18.5. The molecule has 1 aromatic carbocycles. The van der Waals surface area contributed by atoms with E-state index in [1.807, 2.05) is 7.11 Å². The van der Waals surface area contributed by atoms with Gasteiger partial charge in [-0.1, -0.05) is 111 Å². The van der Waals surface area contributed by atoms with Crippen LogP contribution in [0.1, 0.15) is 73.3 Å². The first-order chi connectivity index (χ1) is 14.8. The van der Waals surface area contributed by atoms with Crippen LogP contribution in [0.3, 0.4) is 0 Å². The number of carbonyl (C=O) groups excluding carboxylic acids is 1. The summed E-state index contributed by atoms with van der Waals surface area (Å²) in [4.78, 5) is 14.8. The Kier molecular flexibility index (Phi) is 8.61. The van der Waals surface area contributed by atoms with Crippen LogP contribution in [0.2, 0.25) is 41.8 Å². The van der Waals surface area contributed by atoms with Gasteiger partial charge in [0.05, 0.1) is 16.1 Å². The number of methoxy groups -OCH3 is 1. The summed E-state index contributed by atoms with van der Waals surface area (Å²) in [6.07, 6.45) is 3.11. The second-order valence-electron chi connectivity index (χ2n) is 11.9. The molecule has 0 spiro atoms. The van der Waals surface area contributed by atoms with Crippen molar-refractivity contribution in [2.45, 2.75) is 115 Å². The summed E-state index contributed by atoms with van der Waals surface area (Å²) in [6, 6.07) is 10.8. The van der Waals surface area contributed by atoms with Crippen LogP contribution in [0.25, 0.3) is 5.57 Å². The topological polar surface area (TPSA) is 26.3 Å². The standard InChI is InChI=1S/C28H48O2Si2/c1-12-13-19-28(30-8)24(23-17-15-14-16-18-23)26(25(29)27(28)31(9,10)11)32(20(2)3,21(4)5)22(6)7/h14-18,20-22,27H,12-13,19H2,1-11H3/t27-,28-/m1/s1. The molecule has 0 saturated carbocycles. The Morgan fingerprint density at radius 1 is 0.938 bits per heavy atom. The molecule has 0 radical (unpaired) electrons. The third kappa shape index (κ3) is 4.27. The summed E-state index contributed by atoms with van der Waals surface area (Å²) in [6.45, 7) is 23.6. The summed E-state index contributed by atoms with van der Waals surface area (Å²) in [5.74, 6) is 0.434. The minimum atomic E-state index is -2.20. The number of carbonyl (C=O) groups is 1. The highest BCUT2D eigenvalue weighted by molar-refractivity contribution is 6.96. The molecule has 0 N–H and O–H groups in total. The van der Waals surface area contributed by atoms with E-state index in [0.717, 1.165) is 19.3 Å². The van der Waals surface area contributed by atoms with Gasteiger partial charge in [-0.2, -0.15) is 0 Å². The predicted octanol–water partition coefficient (Wildman–Crippen LogP) is 8.52. The van der Waals surface area contributed by atoms with Crippen LogP contribution in [0, 0.1) is 0 Å². The Labute approximate surface area is 200 Å². The van der Waals surface area contributed by atoms with E-state index in [9.17, 15) is 4.79 Å². The smallest absolute Gasteiger partial charge is 0.158 e. The lowest BCUT2D eigenvalue weighted by atomic mass is 9.85. The zero-order valence-corrected chi connectivity index (χ0v) is 24.6. The maximum Gasteiger partial charge on any atom is 0.158 e. The molecule has 4 heteroatoms. The van der Waals surface area contributed by atoms with Crippen LogP contribution in [0.4, 0.5) is 0 Å². The number of rotatable bonds is 10. The molecule has 0 fully saturated rings. The van der Waals surface area contributed by atoms with E-state index in [1.54, 1.807) is 0 Å². The second kappa shape index (κ2) is 10.1. The monoisotopic (exact) mass is 472 g/mol. The van der Waals surface area contributed by atoms with Crippen molar-refractivity contribution in [3.63, 3.8) is 0 Å². The van der Waals surface area contributed by atoms with E-state index >= 15 is 0 Å². The van der Waals surface area contributed by atoms with Crippen LogP contribution in [-0.4, -0.2) is 34.6 Å². The van der Waals surface area contributed by atoms with E-state index in [-0.39, 0.29) is 5.54 Å². The molecule has 0 aromatic heterocycles. The lowest BCUT2D eigenvalue weighted by Crippen LogP contribution is -2.50. The maximum atomic E-state index is 14.8. The first-order valence-electron chi connectivity index (χ1n) is 12.7. The summed E-state index contributed by atoms with van der Waals surface area (Å²) in [5.41, 5.74) is 3.39. The molecular formula is C28H48O2Si2. The van der Waals surface area contributed by atoms with Crippen molar-refractivity contribution in [2.24, 2.45) is 0 Å². The average Bonchev–Trinajstić information content (AvgIpc) is 2.96. The van der Waals surface area contributed by atoms with Crippen LogP contribution < -0.4 is 0 Å². The molecule has 1 aliphatic rings. The fraction of sp³-hybridized carbons (Fsp3) is 0.679. The number of ether oxygens (including phenoxy) is 1. The molecule has 0 saturated heterocycles. The fourth-order valence-corrected chi connectivity index (χ4v) is 17.2. The van der Waals surface area contributed by atoms with Crippen molar-refractivity contribution in [3.8, 4) is 0 Å². The summed E-state index contributed by atoms with van der Waals surface area (Å²) in [7, 11) is -2.22. The Hall–Kier alpha value is -0.976. The normalized spacial score (nSPS) is 22.7. The van der Waals surface area contributed by atoms with E-state index in [4.69, 9.17) is 4.74 Å². The van der Waals surface area contributed by atoms with Crippen molar-refractivity contribution in [1.29, 1.82) is 0 Å². The maximum absolute atomic E-state index is 14.8. The van der Waals surface area contributed by atoms with Crippen LogP contribution >= 0.6 is 0 Å². The van der Waals surface area contributed by atoms with Crippen LogP contribution in [-0.2, 0) is 9.53 Å². The van der Waals surface area contributed by atoms with Gasteiger partial charge in [0.25, 0.3) is 0 Å². The molecule has 0 amide bonds.